The number of nitrogens with zero attached hydrogens (tertiary/aromatic N) is 1. The van der Waals surface area contributed by atoms with Crippen LogP contribution in [0.15, 0.2) is 29.1 Å². The highest BCUT2D eigenvalue weighted by molar-refractivity contribution is 6.02. The second-order valence-electron chi connectivity index (χ2n) is 7.24. The Morgan fingerprint density at radius 3 is 2.42 bits per heavy atom. The number of hydrogen-bond donors (Lipinski definition) is 4. The van der Waals surface area contributed by atoms with Gasteiger partial charge < -0.3 is 16.0 Å². The molecule has 1 heterocycles. The van der Waals surface area contributed by atoms with Crippen molar-refractivity contribution in [1.82, 2.24) is 9.97 Å². The van der Waals surface area contributed by atoms with E-state index in [0.29, 0.717) is 0 Å². The van der Waals surface area contributed by atoms with Crippen molar-refractivity contribution in [2.45, 2.75) is 39.2 Å². The van der Waals surface area contributed by atoms with Crippen molar-refractivity contribution < 1.29 is 4.39 Å². The smallest absolute Gasteiger partial charge is 0.263 e. The molecule has 2 aromatic rings. The first-order chi connectivity index (χ1) is 12.2. The zero-order chi connectivity index (χ0) is 19.5. The Balaban J connectivity index is 2.36. The van der Waals surface area contributed by atoms with E-state index in [0.717, 1.165) is 5.56 Å². The van der Waals surface area contributed by atoms with Crippen molar-refractivity contribution in [3.05, 3.63) is 51.3 Å². The van der Waals surface area contributed by atoms with E-state index in [1.54, 1.807) is 7.05 Å². The minimum atomic E-state index is -1.03. The van der Waals surface area contributed by atoms with Crippen LogP contribution in [-0.2, 0) is 5.41 Å². The average Bonchev–Trinajstić information content (AvgIpc) is 2.60. The van der Waals surface area contributed by atoms with E-state index < -0.39 is 17.9 Å². The van der Waals surface area contributed by atoms with Crippen LogP contribution in [0.4, 0.5) is 16.2 Å². The Bertz CT molecular complexity index is 836. The summed E-state index contributed by atoms with van der Waals surface area (Å²) in [6.45, 7) is 7.35. The third-order valence-electron chi connectivity index (χ3n) is 4.22. The number of nitrogens with one attached hydrogen (secondary N) is 4. The highest BCUT2D eigenvalue weighted by Crippen LogP contribution is 2.25. The standard InChI is InChI=1S/C19H26FN5O/c1-11(12-6-8-13(9-7-12)19(2,3)4)23-16-15(14(21)10-20)17(26)25-18(22-5)24-16/h6-9,11,21H,10H2,1-5H3,(H3,22,23,24,25,26). The number of anilines is 2. The maximum absolute atomic E-state index is 13.0. The molecule has 0 aliphatic rings. The molecule has 0 bridgehead atoms. The SMILES string of the molecule is CNc1nc(NC(C)c2ccc(C(C)(C)C)cc2)c(C(=N)CF)c(=O)[nH]1. The van der Waals surface area contributed by atoms with Crippen molar-refractivity contribution in [2.24, 2.45) is 0 Å². The van der Waals surface area contributed by atoms with E-state index in [2.05, 4.69) is 53.5 Å². The van der Waals surface area contributed by atoms with Gasteiger partial charge in [-0.05, 0) is 23.5 Å². The van der Waals surface area contributed by atoms with E-state index in [1.807, 2.05) is 19.1 Å². The molecule has 0 saturated carbocycles. The van der Waals surface area contributed by atoms with Crippen LogP contribution in [0, 0.1) is 5.41 Å². The third-order valence-corrected chi connectivity index (χ3v) is 4.22. The Morgan fingerprint density at radius 1 is 1.31 bits per heavy atom. The molecular weight excluding hydrogens is 333 g/mol. The lowest BCUT2D eigenvalue weighted by molar-refractivity contribution is 0.580. The first kappa shape index (κ1) is 19.6. The first-order valence-electron chi connectivity index (χ1n) is 8.50. The number of aromatic amines is 1. The van der Waals surface area contributed by atoms with Gasteiger partial charge in [-0.15, -0.1) is 0 Å². The summed E-state index contributed by atoms with van der Waals surface area (Å²) in [4.78, 5) is 19.0. The molecule has 140 valence electrons. The minimum absolute atomic E-state index is 0.0640. The quantitative estimate of drug-likeness (QED) is 0.593. The van der Waals surface area contributed by atoms with Gasteiger partial charge in [0.15, 0.2) is 0 Å². The average molecular weight is 359 g/mol. The van der Waals surface area contributed by atoms with Gasteiger partial charge in [0.1, 0.15) is 18.1 Å². The summed E-state index contributed by atoms with van der Waals surface area (Å²) in [5, 5.41) is 13.6. The van der Waals surface area contributed by atoms with Gasteiger partial charge in [0.25, 0.3) is 5.56 Å². The lowest BCUT2D eigenvalue weighted by Crippen LogP contribution is -2.25. The monoisotopic (exact) mass is 359 g/mol. The second kappa shape index (κ2) is 7.68. The number of benzene rings is 1. The molecule has 0 fully saturated rings. The molecule has 0 aliphatic carbocycles. The number of aromatic nitrogens is 2. The fourth-order valence-electron chi connectivity index (χ4n) is 2.60. The molecule has 0 aliphatic heterocycles. The summed E-state index contributed by atoms with van der Waals surface area (Å²) < 4.78 is 13.0. The second-order valence-corrected chi connectivity index (χ2v) is 7.24. The number of hydrogen-bond acceptors (Lipinski definition) is 5. The molecule has 0 amide bonds. The van der Waals surface area contributed by atoms with Crippen LogP contribution in [-0.4, -0.2) is 29.4 Å². The molecule has 0 spiro atoms. The van der Waals surface area contributed by atoms with Gasteiger partial charge in [-0.25, -0.2) is 4.39 Å². The molecule has 1 unspecified atom stereocenters. The van der Waals surface area contributed by atoms with E-state index in [-0.39, 0.29) is 28.8 Å². The van der Waals surface area contributed by atoms with Crippen molar-refractivity contribution in [2.75, 3.05) is 24.4 Å². The molecule has 2 rings (SSSR count). The van der Waals surface area contributed by atoms with Crippen LogP contribution in [0.5, 0.6) is 0 Å². The zero-order valence-corrected chi connectivity index (χ0v) is 15.8. The Labute approximate surface area is 152 Å². The van der Waals surface area contributed by atoms with Gasteiger partial charge in [-0.2, -0.15) is 4.98 Å². The normalized spacial score (nSPS) is 12.5. The zero-order valence-electron chi connectivity index (χ0n) is 15.8. The number of rotatable bonds is 6. The first-order valence-corrected chi connectivity index (χ1v) is 8.50. The molecule has 0 saturated heterocycles. The van der Waals surface area contributed by atoms with Crippen LogP contribution in [0.25, 0.3) is 0 Å². The lowest BCUT2D eigenvalue weighted by Gasteiger charge is -2.21. The fourth-order valence-corrected chi connectivity index (χ4v) is 2.60. The molecule has 4 N–H and O–H groups in total. The lowest BCUT2D eigenvalue weighted by atomic mass is 9.86. The van der Waals surface area contributed by atoms with Crippen LogP contribution < -0.4 is 16.2 Å². The summed E-state index contributed by atoms with van der Waals surface area (Å²) in [7, 11) is 1.62. The van der Waals surface area contributed by atoms with E-state index >= 15 is 0 Å². The highest BCUT2D eigenvalue weighted by Gasteiger charge is 2.19. The summed E-state index contributed by atoms with van der Waals surface area (Å²) in [6, 6.07) is 8.01. The van der Waals surface area contributed by atoms with Crippen molar-refractivity contribution in [1.29, 1.82) is 5.41 Å². The largest absolute Gasteiger partial charge is 0.363 e. The summed E-state index contributed by atoms with van der Waals surface area (Å²) in [5.41, 5.74) is 1.26. The van der Waals surface area contributed by atoms with Gasteiger partial charge in [-0.1, -0.05) is 45.0 Å². The molecule has 6 nitrogen and oxygen atoms in total. The van der Waals surface area contributed by atoms with Gasteiger partial charge in [0.2, 0.25) is 5.95 Å². The molecule has 1 aromatic heterocycles. The number of alkyl halides is 1. The van der Waals surface area contributed by atoms with Gasteiger partial charge in [0, 0.05) is 13.1 Å². The van der Waals surface area contributed by atoms with E-state index in [4.69, 9.17) is 5.41 Å². The molecule has 7 heteroatoms. The summed E-state index contributed by atoms with van der Waals surface area (Å²) >= 11 is 0. The fraction of sp³-hybridized carbons (Fsp3) is 0.421. The predicted octanol–water partition coefficient (Wildman–Crippen LogP) is 3.62. The summed E-state index contributed by atoms with van der Waals surface area (Å²) in [6.07, 6.45) is 0. The topological polar surface area (TPSA) is 93.7 Å². The molecule has 26 heavy (non-hydrogen) atoms. The summed E-state index contributed by atoms with van der Waals surface area (Å²) in [5.74, 6) is 0.441. The predicted molar refractivity (Wildman–Crippen MR) is 104 cm³/mol. The minimum Gasteiger partial charge on any atom is -0.363 e. The van der Waals surface area contributed by atoms with Crippen LogP contribution in [0.3, 0.4) is 0 Å². The highest BCUT2D eigenvalue weighted by atomic mass is 19.1. The molecular formula is C19H26FN5O. The number of H-pyrrole nitrogens is 1. The maximum atomic E-state index is 13.0. The van der Waals surface area contributed by atoms with E-state index in [1.165, 1.54) is 5.56 Å². The molecule has 1 aromatic carbocycles. The Morgan fingerprint density at radius 2 is 1.92 bits per heavy atom. The van der Waals surface area contributed by atoms with E-state index in [9.17, 15) is 9.18 Å². The molecule has 1 atom stereocenters. The van der Waals surface area contributed by atoms with Crippen molar-refractivity contribution in [3.63, 3.8) is 0 Å². The van der Waals surface area contributed by atoms with Crippen LogP contribution in [0.2, 0.25) is 0 Å². The number of halogens is 1. The van der Waals surface area contributed by atoms with Gasteiger partial charge >= 0.3 is 0 Å². The van der Waals surface area contributed by atoms with Gasteiger partial charge in [0.05, 0.1) is 5.71 Å². The molecule has 0 radical (unpaired) electrons. The maximum Gasteiger partial charge on any atom is 0.263 e. The Kier molecular flexibility index (Phi) is 5.79. The van der Waals surface area contributed by atoms with Gasteiger partial charge in [-0.3, -0.25) is 9.78 Å². The Hall–Kier alpha value is -2.70. The van der Waals surface area contributed by atoms with Crippen LogP contribution >= 0.6 is 0 Å². The third kappa shape index (κ3) is 4.28. The van der Waals surface area contributed by atoms with Crippen LogP contribution in [0.1, 0.15) is 50.4 Å². The van der Waals surface area contributed by atoms with Crippen molar-refractivity contribution in [3.8, 4) is 0 Å². The van der Waals surface area contributed by atoms with Crippen molar-refractivity contribution >= 4 is 17.5 Å².